The number of nitrogens with one attached hydrogen (secondary N) is 2. The predicted octanol–water partition coefficient (Wildman–Crippen LogP) is 1.27. The Morgan fingerprint density at radius 2 is 1.68 bits per heavy atom. The van der Waals surface area contributed by atoms with Crippen molar-refractivity contribution in [3.05, 3.63) is 29.3 Å². The Bertz CT molecular complexity index is 857. The van der Waals surface area contributed by atoms with Crippen molar-refractivity contribution in [3.8, 4) is 0 Å². The third-order valence-electron chi connectivity index (χ3n) is 2.46. The molecule has 0 saturated heterocycles. The lowest BCUT2D eigenvalue weighted by molar-refractivity contribution is 0.601. The number of benzene rings is 1. The molecule has 0 amide bonds. The Labute approximate surface area is 132 Å². The van der Waals surface area contributed by atoms with E-state index in [1.807, 2.05) is 6.92 Å². The number of hydrogen-bond acceptors (Lipinski definition) is 7. The minimum absolute atomic E-state index is 0.000186. The topological polar surface area (TPSA) is 118 Å². The van der Waals surface area contributed by atoms with E-state index in [9.17, 15) is 16.8 Å². The van der Waals surface area contributed by atoms with Crippen molar-refractivity contribution >= 4 is 42.2 Å². The van der Waals surface area contributed by atoms with Crippen molar-refractivity contribution in [2.24, 2.45) is 0 Å². The first kappa shape index (κ1) is 16.6. The molecule has 0 fully saturated rings. The van der Waals surface area contributed by atoms with Crippen molar-refractivity contribution in [2.45, 2.75) is 18.2 Å². The zero-order valence-corrected chi connectivity index (χ0v) is 14.2. The lowest BCUT2D eigenvalue weighted by Gasteiger charge is -2.07. The highest BCUT2D eigenvalue weighted by atomic mass is 32.2. The summed E-state index contributed by atoms with van der Waals surface area (Å²) < 4.78 is 51.2. The van der Waals surface area contributed by atoms with Crippen LogP contribution in [0.2, 0.25) is 0 Å². The van der Waals surface area contributed by atoms with Crippen LogP contribution >= 0.6 is 11.3 Å². The maximum absolute atomic E-state index is 12.2. The zero-order chi connectivity index (χ0) is 16.4. The summed E-state index contributed by atoms with van der Waals surface area (Å²) in [5.41, 5.74) is 0.283. The molecular formula is C11H14N4O4S3. The second-order valence-electron chi connectivity index (χ2n) is 4.36. The minimum Gasteiger partial charge on any atom is -0.284 e. The molecule has 1 aromatic carbocycles. The maximum Gasteiger partial charge on any atom is 0.263 e. The molecule has 0 bridgehead atoms. The van der Waals surface area contributed by atoms with Crippen molar-refractivity contribution in [3.63, 3.8) is 0 Å². The molecule has 0 aliphatic carbocycles. The Hall–Kier alpha value is -1.72. The lowest BCUT2D eigenvalue weighted by atomic mass is 10.3. The first-order chi connectivity index (χ1) is 10.2. The summed E-state index contributed by atoms with van der Waals surface area (Å²) in [6, 6.07) is 5.34. The Morgan fingerprint density at radius 1 is 1.05 bits per heavy atom. The maximum atomic E-state index is 12.2. The summed E-state index contributed by atoms with van der Waals surface area (Å²) in [7, 11) is -7.19. The normalized spacial score (nSPS) is 12.1. The summed E-state index contributed by atoms with van der Waals surface area (Å²) in [5.74, 6) is 0. The fourth-order valence-corrected chi connectivity index (χ4v) is 4.00. The van der Waals surface area contributed by atoms with E-state index >= 15 is 0 Å². The molecular weight excluding hydrogens is 348 g/mol. The molecule has 2 rings (SSSR count). The molecule has 120 valence electrons. The van der Waals surface area contributed by atoms with Crippen molar-refractivity contribution in [1.82, 2.24) is 10.2 Å². The van der Waals surface area contributed by atoms with E-state index in [0.717, 1.165) is 22.6 Å². The van der Waals surface area contributed by atoms with Gasteiger partial charge in [0, 0.05) is 5.69 Å². The second kappa shape index (κ2) is 6.18. The van der Waals surface area contributed by atoms with Gasteiger partial charge in [0.1, 0.15) is 5.01 Å². The number of hydrogen-bond donors (Lipinski definition) is 2. The molecule has 0 spiro atoms. The summed E-state index contributed by atoms with van der Waals surface area (Å²) in [5, 5.41) is 8.50. The molecule has 2 N–H and O–H groups in total. The fourth-order valence-electron chi connectivity index (χ4n) is 1.53. The number of rotatable bonds is 6. The van der Waals surface area contributed by atoms with Crippen LogP contribution in [0.5, 0.6) is 0 Å². The van der Waals surface area contributed by atoms with Gasteiger partial charge in [-0.3, -0.25) is 9.44 Å². The zero-order valence-electron chi connectivity index (χ0n) is 11.8. The van der Waals surface area contributed by atoms with Crippen LogP contribution in [0.15, 0.2) is 29.2 Å². The van der Waals surface area contributed by atoms with Crippen LogP contribution in [-0.4, -0.2) is 33.3 Å². The molecule has 0 aliphatic rings. The standard InChI is InChI=1S/C11H14N4O4S3/c1-3-10-12-13-11(20-10)15-22(18,19)9-6-4-8(5-7-9)14-21(2,16)17/h4-7,14H,3H2,1-2H3,(H,13,15). The summed E-state index contributed by atoms with van der Waals surface area (Å²) in [6.45, 7) is 1.90. The van der Waals surface area contributed by atoms with Gasteiger partial charge in [0.15, 0.2) is 0 Å². The third kappa shape index (κ3) is 4.39. The Kier molecular flexibility index (Phi) is 4.68. The number of anilines is 2. The van der Waals surface area contributed by atoms with Crippen LogP contribution in [0.3, 0.4) is 0 Å². The van der Waals surface area contributed by atoms with E-state index < -0.39 is 20.0 Å². The quantitative estimate of drug-likeness (QED) is 0.799. The van der Waals surface area contributed by atoms with Gasteiger partial charge in [-0.1, -0.05) is 18.3 Å². The van der Waals surface area contributed by atoms with Gasteiger partial charge < -0.3 is 0 Å². The highest BCUT2D eigenvalue weighted by molar-refractivity contribution is 7.93. The fraction of sp³-hybridized carbons (Fsp3) is 0.273. The van der Waals surface area contributed by atoms with Crippen molar-refractivity contribution in [2.75, 3.05) is 15.7 Å². The van der Waals surface area contributed by atoms with E-state index in [2.05, 4.69) is 19.6 Å². The molecule has 2 aromatic rings. The highest BCUT2D eigenvalue weighted by Crippen LogP contribution is 2.21. The number of nitrogens with zero attached hydrogens (tertiary/aromatic N) is 2. The predicted molar refractivity (Wildman–Crippen MR) is 85.0 cm³/mol. The molecule has 0 unspecified atom stereocenters. The first-order valence-corrected chi connectivity index (χ1v) is 10.3. The van der Waals surface area contributed by atoms with Crippen LogP contribution in [-0.2, 0) is 26.5 Å². The second-order valence-corrected chi connectivity index (χ2v) is 8.85. The summed E-state index contributed by atoms with van der Waals surface area (Å²) in [6.07, 6.45) is 1.69. The first-order valence-electron chi connectivity index (χ1n) is 6.12. The lowest BCUT2D eigenvalue weighted by Crippen LogP contribution is -2.13. The van der Waals surface area contributed by atoms with Gasteiger partial charge in [-0.25, -0.2) is 16.8 Å². The van der Waals surface area contributed by atoms with Gasteiger partial charge >= 0.3 is 0 Å². The molecule has 1 aromatic heterocycles. The van der Waals surface area contributed by atoms with Crippen LogP contribution in [0.4, 0.5) is 10.8 Å². The summed E-state index contributed by atoms with van der Waals surface area (Å²) >= 11 is 1.16. The molecule has 1 heterocycles. The molecule has 0 saturated carbocycles. The Balaban J connectivity index is 2.19. The average Bonchev–Trinajstić information content (AvgIpc) is 2.84. The van der Waals surface area contributed by atoms with Crippen molar-refractivity contribution < 1.29 is 16.8 Å². The van der Waals surface area contributed by atoms with Gasteiger partial charge in [-0.15, -0.1) is 10.2 Å². The molecule has 8 nitrogen and oxygen atoms in total. The van der Waals surface area contributed by atoms with Gasteiger partial charge in [0.25, 0.3) is 10.0 Å². The molecule has 22 heavy (non-hydrogen) atoms. The van der Waals surface area contributed by atoms with Crippen LogP contribution < -0.4 is 9.44 Å². The van der Waals surface area contributed by atoms with Crippen LogP contribution in [0.25, 0.3) is 0 Å². The molecule has 11 heteroatoms. The van der Waals surface area contributed by atoms with E-state index in [0.29, 0.717) is 6.42 Å². The third-order valence-corrected chi connectivity index (χ3v) is 5.53. The smallest absolute Gasteiger partial charge is 0.263 e. The monoisotopic (exact) mass is 362 g/mol. The van der Waals surface area contributed by atoms with E-state index in [1.54, 1.807) is 0 Å². The number of sulfonamides is 2. The minimum atomic E-state index is -3.79. The molecule has 0 radical (unpaired) electrons. The van der Waals surface area contributed by atoms with E-state index in [1.165, 1.54) is 24.3 Å². The average molecular weight is 362 g/mol. The van der Waals surface area contributed by atoms with E-state index in [4.69, 9.17) is 0 Å². The molecule has 0 atom stereocenters. The van der Waals surface area contributed by atoms with Crippen molar-refractivity contribution in [1.29, 1.82) is 0 Å². The summed E-state index contributed by atoms with van der Waals surface area (Å²) in [4.78, 5) is -0.000186. The van der Waals surface area contributed by atoms with Gasteiger partial charge in [-0.2, -0.15) is 0 Å². The number of aromatic nitrogens is 2. The molecule has 0 aliphatic heterocycles. The SMILES string of the molecule is CCc1nnc(NS(=O)(=O)c2ccc(NS(C)(=O)=O)cc2)s1. The van der Waals surface area contributed by atoms with Crippen LogP contribution in [0.1, 0.15) is 11.9 Å². The van der Waals surface area contributed by atoms with Gasteiger partial charge in [0.2, 0.25) is 15.2 Å². The Morgan fingerprint density at radius 3 is 2.18 bits per heavy atom. The largest absolute Gasteiger partial charge is 0.284 e. The van der Waals surface area contributed by atoms with Gasteiger partial charge in [-0.05, 0) is 30.7 Å². The van der Waals surface area contributed by atoms with Crippen LogP contribution in [0, 0.1) is 0 Å². The highest BCUT2D eigenvalue weighted by Gasteiger charge is 2.16. The number of aryl methyl sites for hydroxylation is 1. The van der Waals surface area contributed by atoms with E-state index in [-0.39, 0.29) is 15.7 Å². The van der Waals surface area contributed by atoms with Gasteiger partial charge in [0.05, 0.1) is 11.2 Å².